The van der Waals surface area contributed by atoms with Gasteiger partial charge >= 0.3 is 0 Å². The molecule has 124 valence electrons. The Balaban J connectivity index is 2.12. The Labute approximate surface area is 144 Å². The second-order valence-electron chi connectivity index (χ2n) is 6.53. The van der Waals surface area contributed by atoms with Crippen molar-refractivity contribution in [1.29, 1.82) is 0 Å². The summed E-state index contributed by atoms with van der Waals surface area (Å²) in [6, 6.07) is 19.8. The lowest BCUT2D eigenvalue weighted by molar-refractivity contribution is 0.577. The predicted molar refractivity (Wildman–Crippen MR) is 100 cm³/mol. The Morgan fingerprint density at radius 3 is 2.12 bits per heavy atom. The van der Waals surface area contributed by atoms with E-state index < -0.39 is 15.1 Å². The summed E-state index contributed by atoms with van der Waals surface area (Å²) in [4.78, 5) is 0. The van der Waals surface area contributed by atoms with Crippen molar-refractivity contribution < 1.29 is 8.42 Å². The molecule has 3 heteroatoms. The van der Waals surface area contributed by atoms with Crippen molar-refractivity contribution in [3.63, 3.8) is 0 Å². The maximum atomic E-state index is 13.0. The average molecular weight is 338 g/mol. The molecule has 1 heterocycles. The SMILES string of the molecule is CC(C)=CC1C(c2ccccc2)CC(c2ccccc2)=CS1(=O)=O. The van der Waals surface area contributed by atoms with E-state index in [4.69, 9.17) is 0 Å². The molecule has 0 radical (unpaired) electrons. The first-order chi connectivity index (χ1) is 11.5. The van der Waals surface area contributed by atoms with E-state index >= 15 is 0 Å². The number of hydrogen-bond donors (Lipinski definition) is 0. The highest BCUT2D eigenvalue weighted by Crippen LogP contribution is 2.41. The van der Waals surface area contributed by atoms with Gasteiger partial charge in [-0.25, -0.2) is 8.42 Å². The molecule has 3 rings (SSSR count). The Hall–Kier alpha value is -2.13. The maximum absolute atomic E-state index is 13.0. The highest BCUT2D eigenvalue weighted by Gasteiger charge is 2.36. The molecule has 0 aromatic heterocycles. The zero-order valence-electron chi connectivity index (χ0n) is 14.0. The first-order valence-corrected chi connectivity index (χ1v) is 9.78. The van der Waals surface area contributed by atoms with E-state index in [-0.39, 0.29) is 5.92 Å². The lowest BCUT2D eigenvalue weighted by Gasteiger charge is -2.30. The molecule has 0 fully saturated rings. The Morgan fingerprint density at radius 1 is 0.958 bits per heavy atom. The van der Waals surface area contributed by atoms with Gasteiger partial charge in [0.2, 0.25) is 0 Å². The van der Waals surface area contributed by atoms with Gasteiger partial charge in [0, 0.05) is 11.3 Å². The maximum Gasteiger partial charge on any atom is 0.178 e. The number of rotatable bonds is 3. The molecule has 0 saturated heterocycles. The summed E-state index contributed by atoms with van der Waals surface area (Å²) in [7, 11) is -3.35. The second kappa shape index (κ2) is 6.78. The first kappa shape index (κ1) is 16.7. The van der Waals surface area contributed by atoms with Crippen LogP contribution in [0.15, 0.2) is 77.7 Å². The standard InChI is InChI=1S/C21H22O2S/c1-16(2)13-21-20(18-11-7-4-8-12-18)14-19(15-24(21,22)23)17-9-5-3-6-10-17/h3-13,15,20-21H,14H2,1-2H3. The minimum absolute atomic E-state index is 0.0636. The summed E-state index contributed by atoms with van der Waals surface area (Å²) in [6.45, 7) is 3.90. The zero-order valence-corrected chi connectivity index (χ0v) is 14.8. The molecule has 1 aliphatic rings. The van der Waals surface area contributed by atoms with Crippen LogP contribution < -0.4 is 0 Å². The van der Waals surface area contributed by atoms with Gasteiger partial charge in [-0.1, -0.05) is 72.3 Å². The van der Waals surface area contributed by atoms with Crippen LogP contribution in [0.25, 0.3) is 5.57 Å². The normalized spacial score (nSPS) is 22.5. The van der Waals surface area contributed by atoms with Crippen molar-refractivity contribution in [2.45, 2.75) is 31.4 Å². The molecule has 24 heavy (non-hydrogen) atoms. The predicted octanol–water partition coefficient (Wildman–Crippen LogP) is 4.96. The van der Waals surface area contributed by atoms with Gasteiger partial charge in [-0.2, -0.15) is 0 Å². The Kier molecular flexibility index (Phi) is 4.72. The van der Waals surface area contributed by atoms with Gasteiger partial charge in [0.1, 0.15) is 0 Å². The fraction of sp³-hybridized carbons (Fsp3) is 0.238. The monoisotopic (exact) mass is 338 g/mol. The summed E-state index contributed by atoms with van der Waals surface area (Å²) in [5.74, 6) is -0.0636. The lowest BCUT2D eigenvalue weighted by Crippen LogP contribution is -2.29. The molecule has 1 aliphatic heterocycles. The van der Waals surface area contributed by atoms with Crippen molar-refractivity contribution in [2.24, 2.45) is 0 Å². The molecule has 2 nitrogen and oxygen atoms in total. The van der Waals surface area contributed by atoms with Gasteiger partial charge in [-0.3, -0.25) is 0 Å². The van der Waals surface area contributed by atoms with Crippen molar-refractivity contribution in [1.82, 2.24) is 0 Å². The minimum atomic E-state index is -3.35. The van der Waals surface area contributed by atoms with E-state index in [2.05, 4.69) is 0 Å². The van der Waals surface area contributed by atoms with Gasteiger partial charge in [-0.15, -0.1) is 0 Å². The van der Waals surface area contributed by atoms with Crippen LogP contribution in [0.3, 0.4) is 0 Å². The van der Waals surface area contributed by atoms with Gasteiger partial charge in [0.05, 0.1) is 5.25 Å². The molecule has 2 atom stereocenters. The third kappa shape index (κ3) is 3.51. The van der Waals surface area contributed by atoms with E-state index in [1.165, 1.54) is 5.41 Å². The van der Waals surface area contributed by atoms with Gasteiger partial charge in [0.25, 0.3) is 0 Å². The van der Waals surface area contributed by atoms with Crippen LogP contribution in [0.2, 0.25) is 0 Å². The summed E-state index contributed by atoms with van der Waals surface area (Å²) < 4.78 is 25.9. The first-order valence-electron chi connectivity index (χ1n) is 8.17. The van der Waals surface area contributed by atoms with E-state index in [9.17, 15) is 8.42 Å². The number of hydrogen-bond acceptors (Lipinski definition) is 2. The number of allylic oxidation sites excluding steroid dienone is 2. The topological polar surface area (TPSA) is 34.1 Å². The molecule has 0 bridgehead atoms. The van der Waals surface area contributed by atoms with Gasteiger partial charge < -0.3 is 0 Å². The minimum Gasteiger partial charge on any atom is -0.224 e. The molecule has 0 spiro atoms. The summed E-state index contributed by atoms with van der Waals surface area (Å²) in [5.41, 5.74) is 3.98. The third-order valence-electron chi connectivity index (χ3n) is 4.39. The summed E-state index contributed by atoms with van der Waals surface area (Å²) in [6.07, 6.45) is 2.62. The summed E-state index contributed by atoms with van der Waals surface area (Å²) in [5, 5.41) is 0.976. The fourth-order valence-corrected chi connectivity index (χ4v) is 5.25. The lowest BCUT2D eigenvalue weighted by atomic mass is 9.86. The van der Waals surface area contributed by atoms with Crippen molar-refractivity contribution in [3.05, 3.63) is 88.8 Å². The van der Waals surface area contributed by atoms with Crippen molar-refractivity contribution in [2.75, 3.05) is 0 Å². The molecule has 0 amide bonds. The van der Waals surface area contributed by atoms with Crippen LogP contribution >= 0.6 is 0 Å². The Bertz CT molecular complexity index is 859. The zero-order chi connectivity index (χ0) is 17.2. The van der Waals surface area contributed by atoms with E-state index in [0.29, 0.717) is 0 Å². The molecule has 2 aromatic carbocycles. The third-order valence-corrected chi connectivity index (χ3v) is 6.23. The van der Waals surface area contributed by atoms with Crippen LogP contribution in [0.5, 0.6) is 0 Å². The summed E-state index contributed by atoms with van der Waals surface area (Å²) >= 11 is 0. The highest BCUT2D eigenvalue weighted by molar-refractivity contribution is 7.95. The average Bonchev–Trinajstić information content (AvgIpc) is 2.57. The molecule has 2 aromatic rings. The number of benzene rings is 2. The number of sulfone groups is 1. The van der Waals surface area contributed by atoms with Crippen LogP contribution in [0.1, 0.15) is 37.3 Å². The molecule has 0 N–H and O–H groups in total. The highest BCUT2D eigenvalue weighted by atomic mass is 32.2. The molecule has 0 aliphatic carbocycles. The van der Waals surface area contributed by atoms with E-state index in [1.54, 1.807) is 0 Å². The van der Waals surface area contributed by atoms with E-state index in [0.717, 1.165) is 28.7 Å². The molecular weight excluding hydrogens is 316 g/mol. The van der Waals surface area contributed by atoms with Crippen LogP contribution in [0.4, 0.5) is 0 Å². The quantitative estimate of drug-likeness (QED) is 0.741. The largest absolute Gasteiger partial charge is 0.224 e. The van der Waals surface area contributed by atoms with Crippen LogP contribution in [0, 0.1) is 0 Å². The van der Waals surface area contributed by atoms with Crippen LogP contribution in [-0.4, -0.2) is 13.7 Å². The second-order valence-corrected chi connectivity index (χ2v) is 8.49. The smallest absolute Gasteiger partial charge is 0.178 e. The van der Waals surface area contributed by atoms with E-state index in [1.807, 2.05) is 80.6 Å². The Morgan fingerprint density at radius 2 is 1.54 bits per heavy atom. The molecule has 2 unspecified atom stereocenters. The molecule has 0 saturated carbocycles. The van der Waals surface area contributed by atoms with Crippen LogP contribution in [-0.2, 0) is 9.84 Å². The van der Waals surface area contributed by atoms with Crippen molar-refractivity contribution >= 4 is 15.4 Å². The molecular formula is C21H22O2S. The van der Waals surface area contributed by atoms with Gasteiger partial charge in [-0.05, 0) is 37.0 Å². The fourth-order valence-electron chi connectivity index (χ4n) is 3.29. The van der Waals surface area contributed by atoms with Gasteiger partial charge in [0.15, 0.2) is 9.84 Å². The van der Waals surface area contributed by atoms with Crippen molar-refractivity contribution in [3.8, 4) is 0 Å².